The van der Waals surface area contributed by atoms with Gasteiger partial charge >= 0.3 is 0 Å². The minimum absolute atomic E-state index is 0.00748. The van der Waals surface area contributed by atoms with Gasteiger partial charge in [0.15, 0.2) is 0 Å². The monoisotopic (exact) mass is 706 g/mol. The molecule has 0 aliphatic heterocycles. The van der Waals surface area contributed by atoms with Crippen LogP contribution in [0.2, 0.25) is 0 Å². The number of aryl methyl sites for hydroxylation is 1. The number of ether oxygens (including phenoxy) is 1. The van der Waals surface area contributed by atoms with Crippen LogP contribution < -0.4 is 4.74 Å². The van der Waals surface area contributed by atoms with Crippen LogP contribution in [0.3, 0.4) is 0 Å². The number of rotatable bonds is 8. The molecule has 3 aromatic heterocycles. The summed E-state index contributed by atoms with van der Waals surface area (Å²) >= 11 is 0. The number of hydrogen-bond donors (Lipinski definition) is 0. The van der Waals surface area contributed by atoms with Crippen LogP contribution in [0, 0.1) is 18.8 Å². The molecule has 7 rings (SSSR count). The lowest BCUT2D eigenvalue weighted by Gasteiger charge is -2.32. The zero-order valence-electron chi connectivity index (χ0n) is 33.8. The van der Waals surface area contributed by atoms with Crippen LogP contribution in [-0.4, -0.2) is 19.3 Å². The van der Waals surface area contributed by atoms with Gasteiger partial charge in [-0.25, -0.2) is 9.67 Å². The van der Waals surface area contributed by atoms with E-state index in [4.69, 9.17) is 14.8 Å². The molecule has 0 radical (unpaired) electrons. The lowest BCUT2D eigenvalue weighted by Crippen LogP contribution is -2.21. The summed E-state index contributed by atoms with van der Waals surface area (Å²) in [6.45, 7) is 25.2. The van der Waals surface area contributed by atoms with Gasteiger partial charge < -0.3 is 4.74 Å². The molecule has 6 aromatic rings. The van der Waals surface area contributed by atoms with E-state index >= 15 is 0 Å². The number of benzene rings is 3. The number of nitrogens with zero attached hydrogens (tertiary/aromatic N) is 4. The fourth-order valence-corrected chi connectivity index (χ4v) is 8.70. The largest absolute Gasteiger partial charge is 0.457 e. The Morgan fingerprint density at radius 2 is 1.53 bits per heavy atom. The second-order valence-corrected chi connectivity index (χ2v) is 17.8. The van der Waals surface area contributed by atoms with Crippen LogP contribution in [-0.2, 0) is 17.3 Å². The third-order valence-electron chi connectivity index (χ3n) is 11.4. The van der Waals surface area contributed by atoms with Gasteiger partial charge in [0.25, 0.3) is 0 Å². The molecule has 3 atom stereocenters. The predicted molar refractivity (Wildman–Crippen MR) is 222 cm³/mol. The van der Waals surface area contributed by atoms with Gasteiger partial charge in [0.1, 0.15) is 17.3 Å². The van der Waals surface area contributed by atoms with E-state index in [1.165, 1.54) is 45.2 Å². The zero-order chi connectivity index (χ0) is 37.8. The number of fused-ring (bicyclic) bond motifs is 3. The Labute approximate surface area is 317 Å². The summed E-state index contributed by atoms with van der Waals surface area (Å²) in [5.41, 5.74) is 11.0. The number of hydrogen-bond acceptors (Lipinski definition) is 3. The number of aromatic nitrogens is 4. The first kappa shape index (κ1) is 36.7. The standard InChI is InChI=1S/C48H58N4O/c1-12-13-17-42-46(45-31(3)23-30(2)24-32(45)4)33(5)50-52(42)36-25-35(48(9,10)11)26-38(28-36)53-37-19-20-40-39-16-14-15-18-41(39)51(43(40)29-37)44-27-34(21-22-49-44)47(6,7)8/h14-16,18-23,25-30,32,45H,12-13,17,24H2,1-11H3/t30-,32-,45?/m0/s1. The molecule has 53 heavy (non-hydrogen) atoms. The van der Waals surface area contributed by atoms with E-state index in [0.717, 1.165) is 59.0 Å². The van der Waals surface area contributed by atoms with Crippen molar-refractivity contribution in [3.8, 4) is 23.0 Å². The molecule has 0 saturated heterocycles. The van der Waals surface area contributed by atoms with E-state index in [2.05, 4.69) is 164 Å². The van der Waals surface area contributed by atoms with Crippen molar-refractivity contribution in [3.63, 3.8) is 0 Å². The summed E-state index contributed by atoms with van der Waals surface area (Å²) in [5.74, 6) is 4.10. The van der Waals surface area contributed by atoms with E-state index < -0.39 is 0 Å². The number of unbranched alkanes of at least 4 members (excludes halogenated alkanes) is 1. The Balaban J connectivity index is 1.36. The topological polar surface area (TPSA) is 44.9 Å². The molecule has 0 spiro atoms. The fourth-order valence-electron chi connectivity index (χ4n) is 8.70. The second-order valence-electron chi connectivity index (χ2n) is 17.8. The summed E-state index contributed by atoms with van der Waals surface area (Å²) < 4.78 is 11.4. The highest BCUT2D eigenvalue weighted by Crippen LogP contribution is 2.44. The molecular formula is C48H58N4O. The first-order chi connectivity index (χ1) is 25.1. The van der Waals surface area contributed by atoms with E-state index in [-0.39, 0.29) is 10.8 Å². The van der Waals surface area contributed by atoms with Crippen molar-refractivity contribution in [3.05, 3.63) is 119 Å². The highest BCUT2D eigenvalue weighted by Gasteiger charge is 2.33. The van der Waals surface area contributed by atoms with Gasteiger partial charge in [0, 0.05) is 46.3 Å². The molecule has 5 heteroatoms. The lowest BCUT2D eigenvalue weighted by molar-refractivity contribution is 0.389. The van der Waals surface area contributed by atoms with Gasteiger partial charge in [-0.1, -0.05) is 98.6 Å². The van der Waals surface area contributed by atoms with Crippen LogP contribution in [0.1, 0.15) is 122 Å². The smallest absolute Gasteiger partial charge is 0.137 e. The maximum atomic E-state index is 6.89. The normalized spacial score (nSPS) is 18.2. The summed E-state index contributed by atoms with van der Waals surface area (Å²) in [6, 6.07) is 26.1. The first-order valence-electron chi connectivity index (χ1n) is 19.7. The highest BCUT2D eigenvalue weighted by molar-refractivity contribution is 6.09. The zero-order valence-corrected chi connectivity index (χ0v) is 33.8. The summed E-state index contributed by atoms with van der Waals surface area (Å²) in [6.07, 6.45) is 8.90. The minimum Gasteiger partial charge on any atom is -0.457 e. The molecule has 0 saturated carbocycles. The highest BCUT2D eigenvalue weighted by atomic mass is 16.5. The minimum atomic E-state index is -0.0871. The maximum Gasteiger partial charge on any atom is 0.137 e. The first-order valence-corrected chi connectivity index (χ1v) is 19.7. The Morgan fingerprint density at radius 1 is 0.792 bits per heavy atom. The van der Waals surface area contributed by atoms with Crippen molar-refractivity contribution in [1.29, 1.82) is 0 Å². The number of allylic oxidation sites excluding steroid dienone is 2. The van der Waals surface area contributed by atoms with E-state index in [1.807, 2.05) is 6.20 Å². The van der Waals surface area contributed by atoms with Crippen molar-refractivity contribution >= 4 is 21.8 Å². The van der Waals surface area contributed by atoms with Gasteiger partial charge in [-0.05, 0) is 109 Å². The Morgan fingerprint density at radius 3 is 2.25 bits per heavy atom. The average molecular weight is 707 g/mol. The van der Waals surface area contributed by atoms with Crippen molar-refractivity contribution in [2.24, 2.45) is 11.8 Å². The molecule has 0 amide bonds. The van der Waals surface area contributed by atoms with Crippen molar-refractivity contribution < 1.29 is 4.74 Å². The summed E-state index contributed by atoms with van der Waals surface area (Å²) in [7, 11) is 0. The van der Waals surface area contributed by atoms with Gasteiger partial charge in [-0.3, -0.25) is 4.57 Å². The van der Waals surface area contributed by atoms with Crippen LogP contribution in [0.25, 0.3) is 33.3 Å². The molecule has 0 bridgehead atoms. The molecule has 1 aliphatic carbocycles. The maximum absolute atomic E-state index is 6.89. The van der Waals surface area contributed by atoms with Crippen molar-refractivity contribution in [2.45, 2.75) is 119 Å². The molecule has 0 fully saturated rings. The third-order valence-corrected chi connectivity index (χ3v) is 11.4. The van der Waals surface area contributed by atoms with Crippen molar-refractivity contribution in [1.82, 2.24) is 19.3 Å². The molecule has 3 aromatic carbocycles. The van der Waals surface area contributed by atoms with Gasteiger partial charge in [0.05, 0.1) is 22.4 Å². The molecular weight excluding hydrogens is 649 g/mol. The summed E-state index contributed by atoms with van der Waals surface area (Å²) in [5, 5.41) is 7.70. The molecule has 1 aliphatic rings. The SMILES string of the molecule is CCCCc1c(C2C(C)=C[C@H](C)C[C@@H]2C)c(C)nn1-c1cc(Oc2ccc3c4ccccc4n(-c4cc(C(C)(C)C)ccn4)c3c2)cc(C(C)(C)C)c1. The molecule has 276 valence electrons. The average Bonchev–Trinajstić information content (AvgIpc) is 3.60. The lowest BCUT2D eigenvalue weighted by atomic mass is 9.72. The van der Waals surface area contributed by atoms with E-state index in [1.54, 1.807) is 0 Å². The molecule has 3 heterocycles. The Hall–Kier alpha value is -4.64. The van der Waals surface area contributed by atoms with Crippen LogP contribution in [0.5, 0.6) is 11.5 Å². The van der Waals surface area contributed by atoms with E-state index in [0.29, 0.717) is 17.8 Å². The Kier molecular flexibility index (Phi) is 9.68. The van der Waals surface area contributed by atoms with Crippen LogP contribution in [0.4, 0.5) is 0 Å². The molecule has 1 unspecified atom stereocenters. The van der Waals surface area contributed by atoms with Gasteiger partial charge in [0.2, 0.25) is 0 Å². The van der Waals surface area contributed by atoms with Crippen molar-refractivity contribution in [2.75, 3.05) is 0 Å². The number of pyridine rings is 1. The molecule has 0 N–H and O–H groups in total. The van der Waals surface area contributed by atoms with Crippen LogP contribution >= 0.6 is 0 Å². The second kappa shape index (κ2) is 14.0. The van der Waals surface area contributed by atoms with E-state index in [9.17, 15) is 0 Å². The van der Waals surface area contributed by atoms with Gasteiger partial charge in [-0.15, -0.1) is 0 Å². The fraction of sp³-hybridized carbons (Fsp3) is 0.417. The molecule has 5 nitrogen and oxygen atoms in total. The van der Waals surface area contributed by atoms with Crippen LogP contribution in [0.15, 0.2) is 90.6 Å². The third kappa shape index (κ3) is 7.07. The van der Waals surface area contributed by atoms with Gasteiger partial charge in [-0.2, -0.15) is 5.10 Å². The Bertz CT molecular complexity index is 2320. The summed E-state index contributed by atoms with van der Waals surface area (Å²) in [4.78, 5) is 4.89. The quantitative estimate of drug-likeness (QED) is 0.148. The number of para-hydroxylation sites is 1. The predicted octanol–water partition coefficient (Wildman–Crippen LogP) is 13.1.